The molecule has 0 N–H and O–H groups in total. The van der Waals surface area contributed by atoms with Crippen molar-refractivity contribution < 1.29 is 4.92 Å². The summed E-state index contributed by atoms with van der Waals surface area (Å²) >= 11 is 0. The predicted molar refractivity (Wildman–Crippen MR) is 56.9 cm³/mol. The van der Waals surface area contributed by atoms with Crippen molar-refractivity contribution in [2.24, 2.45) is 0 Å². The number of hydrogen-bond acceptors (Lipinski definition) is 4. The van der Waals surface area contributed by atoms with Gasteiger partial charge in [0.25, 0.3) is 5.69 Å². The van der Waals surface area contributed by atoms with Gasteiger partial charge in [0.2, 0.25) is 0 Å². The van der Waals surface area contributed by atoms with Crippen molar-refractivity contribution in [3.05, 3.63) is 40.6 Å². The first kappa shape index (κ1) is 9.64. The van der Waals surface area contributed by atoms with E-state index in [1.807, 2.05) is 0 Å². The SMILES string of the molecule is O=[N+]([O-])c1ccc(N2CC=CCC2)nc1. The maximum Gasteiger partial charge on any atom is 0.287 e. The molecule has 15 heavy (non-hydrogen) atoms. The Balaban J connectivity index is 2.16. The van der Waals surface area contributed by atoms with Crippen molar-refractivity contribution in [1.82, 2.24) is 4.98 Å². The first-order chi connectivity index (χ1) is 7.27. The number of rotatable bonds is 2. The predicted octanol–water partition coefficient (Wildman–Crippen LogP) is 1.76. The molecule has 2 heterocycles. The third-order valence-corrected chi connectivity index (χ3v) is 2.33. The smallest absolute Gasteiger partial charge is 0.287 e. The molecule has 0 saturated heterocycles. The summed E-state index contributed by atoms with van der Waals surface area (Å²) in [6.07, 6.45) is 6.50. The van der Waals surface area contributed by atoms with Gasteiger partial charge in [-0.15, -0.1) is 0 Å². The van der Waals surface area contributed by atoms with Crippen molar-refractivity contribution in [2.75, 3.05) is 18.0 Å². The van der Waals surface area contributed by atoms with E-state index < -0.39 is 4.92 Å². The lowest BCUT2D eigenvalue weighted by atomic mass is 10.2. The van der Waals surface area contributed by atoms with Crippen molar-refractivity contribution in [3.63, 3.8) is 0 Å². The molecule has 0 saturated carbocycles. The van der Waals surface area contributed by atoms with Crippen LogP contribution in [0.4, 0.5) is 11.5 Å². The summed E-state index contributed by atoms with van der Waals surface area (Å²) in [5.74, 6) is 0.796. The maximum atomic E-state index is 10.4. The molecule has 1 aliphatic heterocycles. The number of anilines is 1. The average Bonchev–Trinajstić information content (AvgIpc) is 2.30. The fourth-order valence-corrected chi connectivity index (χ4v) is 1.52. The highest BCUT2D eigenvalue weighted by Gasteiger charge is 2.10. The third-order valence-electron chi connectivity index (χ3n) is 2.33. The number of nitro groups is 1. The molecular weight excluding hydrogens is 194 g/mol. The lowest BCUT2D eigenvalue weighted by Crippen LogP contribution is -2.27. The monoisotopic (exact) mass is 205 g/mol. The number of pyridine rings is 1. The molecule has 0 fully saturated rings. The third kappa shape index (κ3) is 2.12. The Morgan fingerprint density at radius 1 is 1.40 bits per heavy atom. The Hall–Kier alpha value is -1.91. The van der Waals surface area contributed by atoms with Gasteiger partial charge in [-0.1, -0.05) is 12.2 Å². The van der Waals surface area contributed by atoms with Crippen LogP contribution < -0.4 is 4.90 Å². The number of nitrogens with zero attached hydrogens (tertiary/aromatic N) is 3. The molecule has 0 unspecified atom stereocenters. The zero-order valence-corrected chi connectivity index (χ0v) is 8.17. The van der Waals surface area contributed by atoms with Gasteiger partial charge in [-0.05, 0) is 12.5 Å². The molecule has 78 valence electrons. The van der Waals surface area contributed by atoms with Gasteiger partial charge >= 0.3 is 0 Å². The Bertz CT molecular complexity index is 386. The Kier molecular flexibility index (Phi) is 2.62. The van der Waals surface area contributed by atoms with Gasteiger partial charge in [0, 0.05) is 19.2 Å². The van der Waals surface area contributed by atoms with Gasteiger partial charge in [-0.3, -0.25) is 10.1 Å². The number of aromatic nitrogens is 1. The van der Waals surface area contributed by atoms with Crippen LogP contribution in [0.15, 0.2) is 30.5 Å². The van der Waals surface area contributed by atoms with E-state index in [9.17, 15) is 10.1 Å². The van der Waals surface area contributed by atoms with E-state index in [4.69, 9.17) is 0 Å². The molecule has 0 aliphatic carbocycles. The molecule has 2 rings (SSSR count). The molecule has 1 aromatic heterocycles. The summed E-state index contributed by atoms with van der Waals surface area (Å²) < 4.78 is 0. The molecule has 0 spiro atoms. The van der Waals surface area contributed by atoms with Gasteiger partial charge in [-0.2, -0.15) is 0 Å². The van der Waals surface area contributed by atoms with Crippen LogP contribution in [0, 0.1) is 10.1 Å². The second-order valence-electron chi connectivity index (χ2n) is 3.34. The second-order valence-corrected chi connectivity index (χ2v) is 3.34. The van der Waals surface area contributed by atoms with Crippen LogP contribution in [-0.4, -0.2) is 23.0 Å². The molecule has 0 amide bonds. The quantitative estimate of drug-likeness (QED) is 0.419. The summed E-state index contributed by atoms with van der Waals surface area (Å²) in [6, 6.07) is 3.18. The molecular formula is C10H11N3O2. The van der Waals surface area contributed by atoms with E-state index in [0.717, 1.165) is 25.3 Å². The molecule has 1 aliphatic rings. The van der Waals surface area contributed by atoms with Gasteiger partial charge in [0.05, 0.1) is 4.92 Å². The van der Waals surface area contributed by atoms with Crippen LogP contribution in [0.1, 0.15) is 6.42 Å². The van der Waals surface area contributed by atoms with Crippen molar-refractivity contribution in [1.29, 1.82) is 0 Å². The van der Waals surface area contributed by atoms with Crippen LogP contribution in [0.5, 0.6) is 0 Å². The zero-order chi connectivity index (χ0) is 10.7. The van der Waals surface area contributed by atoms with Crippen LogP contribution in [-0.2, 0) is 0 Å². The van der Waals surface area contributed by atoms with Gasteiger partial charge in [0.15, 0.2) is 0 Å². The fourth-order valence-electron chi connectivity index (χ4n) is 1.52. The lowest BCUT2D eigenvalue weighted by molar-refractivity contribution is -0.385. The van der Waals surface area contributed by atoms with Crippen molar-refractivity contribution in [3.8, 4) is 0 Å². The highest BCUT2D eigenvalue weighted by molar-refractivity contribution is 5.44. The van der Waals surface area contributed by atoms with Gasteiger partial charge < -0.3 is 4.90 Å². The van der Waals surface area contributed by atoms with Crippen LogP contribution in [0.25, 0.3) is 0 Å². The lowest BCUT2D eigenvalue weighted by Gasteiger charge is -2.23. The molecule has 5 heteroatoms. The first-order valence-corrected chi connectivity index (χ1v) is 4.78. The van der Waals surface area contributed by atoms with Crippen LogP contribution in [0.3, 0.4) is 0 Å². The van der Waals surface area contributed by atoms with E-state index in [2.05, 4.69) is 22.0 Å². The molecule has 5 nitrogen and oxygen atoms in total. The minimum absolute atomic E-state index is 0.0336. The standard InChI is InChI=1S/C10H11N3O2/c14-13(15)9-4-5-10(11-8-9)12-6-2-1-3-7-12/h1-2,4-5,8H,3,6-7H2. The molecule has 0 bridgehead atoms. The minimum Gasteiger partial charge on any atom is -0.353 e. The van der Waals surface area contributed by atoms with E-state index >= 15 is 0 Å². The largest absolute Gasteiger partial charge is 0.353 e. The first-order valence-electron chi connectivity index (χ1n) is 4.78. The summed E-state index contributed by atoms with van der Waals surface area (Å²) in [5, 5.41) is 10.4. The fraction of sp³-hybridized carbons (Fsp3) is 0.300. The minimum atomic E-state index is -0.438. The topological polar surface area (TPSA) is 59.3 Å². The Morgan fingerprint density at radius 3 is 2.80 bits per heavy atom. The summed E-state index contributed by atoms with van der Waals surface area (Å²) in [6.45, 7) is 1.74. The second kappa shape index (κ2) is 4.08. The van der Waals surface area contributed by atoms with Crippen molar-refractivity contribution in [2.45, 2.75) is 6.42 Å². The molecule has 0 atom stereocenters. The van der Waals surface area contributed by atoms with Crippen LogP contribution >= 0.6 is 0 Å². The van der Waals surface area contributed by atoms with E-state index in [1.54, 1.807) is 6.07 Å². The Labute approximate surface area is 87.2 Å². The Morgan fingerprint density at radius 2 is 2.27 bits per heavy atom. The summed E-state index contributed by atoms with van der Waals surface area (Å²) in [5.41, 5.74) is 0.0336. The molecule has 0 radical (unpaired) electrons. The van der Waals surface area contributed by atoms with Gasteiger partial charge in [0.1, 0.15) is 12.0 Å². The van der Waals surface area contributed by atoms with E-state index in [-0.39, 0.29) is 5.69 Å². The zero-order valence-electron chi connectivity index (χ0n) is 8.17. The summed E-state index contributed by atoms with van der Waals surface area (Å²) in [4.78, 5) is 16.2. The maximum absolute atomic E-state index is 10.4. The van der Waals surface area contributed by atoms with Gasteiger partial charge in [-0.25, -0.2) is 4.98 Å². The number of hydrogen-bond donors (Lipinski definition) is 0. The van der Waals surface area contributed by atoms with E-state index in [1.165, 1.54) is 12.3 Å². The van der Waals surface area contributed by atoms with Crippen molar-refractivity contribution >= 4 is 11.5 Å². The normalized spacial score (nSPS) is 15.3. The molecule has 1 aromatic rings. The molecule has 0 aromatic carbocycles. The van der Waals surface area contributed by atoms with Crippen LogP contribution in [0.2, 0.25) is 0 Å². The summed E-state index contributed by atoms with van der Waals surface area (Å²) in [7, 11) is 0. The van der Waals surface area contributed by atoms with E-state index in [0.29, 0.717) is 0 Å². The highest BCUT2D eigenvalue weighted by Crippen LogP contribution is 2.17. The average molecular weight is 205 g/mol. The highest BCUT2D eigenvalue weighted by atomic mass is 16.6.